The van der Waals surface area contributed by atoms with Gasteiger partial charge in [-0.25, -0.2) is 20.0 Å². The van der Waals surface area contributed by atoms with Gasteiger partial charge in [-0.1, -0.05) is 0 Å². The Morgan fingerprint density at radius 3 is 1.67 bits per heavy atom. The summed E-state index contributed by atoms with van der Waals surface area (Å²) in [6.45, 7) is 2.48. The fraction of sp³-hybridized carbons (Fsp3) is 0.654. The summed E-state index contributed by atoms with van der Waals surface area (Å²) < 4.78 is 29.4. The molecule has 0 saturated heterocycles. The van der Waals surface area contributed by atoms with Gasteiger partial charge in [-0.3, -0.25) is 4.79 Å². The number of anilines is 2. The third-order valence-electron chi connectivity index (χ3n) is 7.03. The second-order valence-corrected chi connectivity index (χ2v) is 10.3. The van der Waals surface area contributed by atoms with Crippen LogP contribution in [0.4, 0.5) is 11.6 Å². The number of ether oxygens (including phenoxy) is 5. The second kappa shape index (κ2) is 17.0. The molecule has 252 valence electrons. The molecule has 45 heavy (non-hydrogen) atoms. The van der Waals surface area contributed by atoms with Gasteiger partial charge in [0, 0.05) is 79.7 Å². The third kappa shape index (κ3) is 9.82. The quantitative estimate of drug-likeness (QED) is 0.0913. The van der Waals surface area contributed by atoms with Crippen molar-refractivity contribution in [3.8, 4) is 0 Å². The molecular weight excluding hydrogens is 596 g/mol. The standard InChI is InChI=1S/C14H23N5O5.C12H21N5O4/c1-8(20)24-6-9(4-10(22-2)23-3)5-19-7-16-11-12(19)17-14(15)18-13(11)21;1-20-8(21-2)3-7(5-18)4-17-6-14-9-10(17)15-12(13)16-11(9)19/h7,9-10,13,21H,4-6H2,1-3H3,(H3,15,17,18);6-8,11,18-19H,3-5H2,1-2H3,(H3,13,15,16)/t9-,13?;7-,11?/m11/s1. The molecule has 0 spiro atoms. The number of nitrogens with one attached hydrogen (secondary N) is 2. The average Bonchev–Trinajstić information content (AvgIpc) is 3.60. The van der Waals surface area contributed by atoms with E-state index in [4.69, 9.17) is 35.2 Å². The minimum absolute atomic E-state index is 0.0255. The van der Waals surface area contributed by atoms with Gasteiger partial charge in [0.05, 0.1) is 19.3 Å². The fourth-order valence-electron chi connectivity index (χ4n) is 4.73. The van der Waals surface area contributed by atoms with E-state index in [2.05, 4.69) is 30.6 Å². The van der Waals surface area contributed by atoms with Crippen molar-refractivity contribution < 1.29 is 43.8 Å². The largest absolute Gasteiger partial charge is 0.466 e. The highest BCUT2D eigenvalue weighted by atomic mass is 16.7. The van der Waals surface area contributed by atoms with Crippen molar-refractivity contribution in [2.45, 2.75) is 57.9 Å². The van der Waals surface area contributed by atoms with Crippen molar-refractivity contribution in [3.63, 3.8) is 0 Å². The van der Waals surface area contributed by atoms with E-state index in [1.54, 1.807) is 50.2 Å². The zero-order valence-electron chi connectivity index (χ0n) is 26.0. The molecule has 0 radical (unpaired) electrons. The maximum absolute atomic E-state index is 11.1. The molecule has 0 amide bonds. The monoisotopic (exact) mass is 640 g/mol. The summed E-state index contributed by atoms with van der Waals surface area (Å²) in [6.07, 6.45) is 1.22. The van der Waals surface area contributed by atoms with Crippen LogP contribution < -0.4 is 22.1 Å². The number of nitrogens with zero attached hydrogens (tertiary/aromatic N) is 6. The molecule has 2 aromatic heterocycles. The first-order chi connectivity index (χ1) is 21.5. The van der Waals surface area contributed by atoms with Gasteiger partial charge in [0.1, 0.15) is 23.0 Å². The van der Waals surface area contributed by atoms with Gasteiger partial charge >= 0.3 is 5.97 Å². The number of aliphatic imine (C=N–C) groups is 2. The van der Waals surface area contributed by atoms with Crippen molar-refractivity contribution in [2.24, 2.45) is 33.3 Å². The number of guanidine groups is 2. The van der Waals surface area contributed by atoms with Crippen LogP contribution in [0.25, 0.3) is 0 Å². The number of carbonyl (C=O) groups is 1. The maximum atomic E-state index is 11.1. The van der Waals surface area contributed by atoms with Crippen LogP contribution in [0.5, 0.6) is 0 Å². The molecule has 0 aliphatic carbocycles. The number of aromatic nitrogens is 4. The van der Waals surface area contributed by atoms with E-state index in [-0.39, 0.29) is 49.2 Å². The minimum atomic E-state index is -1.10. The van der Waals surface area contributed by atoms with Gasteiger partial charge in [-0.05, 0) is 0 Å². The normalized spacial score (nSPS) is 18.4. The molecule has 2 unspecified atom stereocenters. The molecular formula is C26H44N10O9. The second-order valence-electron chi connectivity index (χ2n) is 10.3. The molecule has 4 atom stereocenters. The lowest BCUT2D eigenvalue weighted by Crippen LogP contribution is -2.30. The van der Waals surface area contributed by atoms with E-state index in [1.807, 2.05) is 0 Å². The molecule has 19 nitrogen and oxygen atoms in total. The zero-order valence-corrected chi connectivity index (χ0v) is 26.0. The van der Waals surface area contributed by atoms with Crippen LogP contribution in [0.1, 0.15) is 43.6 Å². The summed E-state index contributed by atoms with van der Waals surface area (Å²) in [7, 11) is 6.20. The van der Waals surface area contributed by atoms with E-state index < -0.39 is 18.7 Å². The van der Waals surface area contributed by atoms with Crippen LogP contribution in [-0.2, 0) is 41.6 Å². The molecule has 4 rings (SSSR count). The lowest BCUT2D eigenvalue weighted by atomic mass is 10.1. The Morgan fingerprint density at radius 1 is 0.844 bits per heavy atom. The van der Waals surface area contributed by atoms with Gasteiger partial charge in [0.2, 0.25) is 0 Å². The van der Waals surface area contributed by atoms with Crippen LogP contribution in [0.15, 0.2) is 22.6 Å². The van der Waals surface area contributed by atoms with Crippen molar-refractivity contribution in [2.75, 3.05) is 52.3 Å². The van der Waals surface area contributed by atoms with Gasteiger partial charge in [0.25, 0.3) is 0 Å². The van der Waals surface area contributed by atoms with Crippen LogP contribution in [-0.4, -0.2) is 107 Å². The van der Waals surface area contributed by atoms with E-state index >= 15 is 0 Å². The van der Waals surface area contributed by atoms with Crippen LogP contribution in [0.3, 0.4) is 0 Å². The topological polar surface area (TPSA) is 260 Å². The van der Waals surface area contributed by atoms with Crippen molar-refractivity contribution >= 4 is 29.5 Å². The van der Waals surface area contributed by atoms with Crippen molar-refractivity contribution in [3.05, 3.63) is 24.0 Å². The Balaban J connectivity index is 0.000000248. The number of methoxy groups -OCH3 is 4. The smallest absolute Gasteiger partial charge is 0.302 e. The molecule has 9 N–H and O–H groups in total. The van der Waals surface area contributed by atoms with E-state index in [1.165, 1.54) is 6.92 Å². The van der Waals surface area contributed by atoms with Gasteiger partial charge in [-0.2, -0.15) is 0 Å². The maximum Gasteiger partial charge on any atom is 0.302 e. The van der Waals surface area contributed by atoms with Crippen molar-refractivity contribution in [1.82, 2.24) is 19.1 Å². The number of imidazole rings is 2. The van der Waals surface area contributed by atoms with Crippen molar-refractivity contribution in [1.29, 1.82) is 0 Å². The predicted molar refractivity (Wildman–Crippen MR) is 160 cm³/mol. The fourth-order valence-corrected chi connectivity index (χ4v) is 4.73. The summed E-state index contributed by atoms with van der Waals surface area (Å²) in [5.74, 6) is 0.852. The Bertz CT molecular complexity index is 1290. The Kier molecular flexibility index (Phi) is 13.5. The number of hydrogen-bond acceptors (Lipinski definition) is 17. The molecule has 19 heteroatoms. The van der Waals surface area contributed by atoms with Crippen LogP contribution in [0, 0.1) is 11.8 Å². The summed E-state index contributed by atoms with van der Waals surface area (Å²) >= 11 is 0. The molecule has 2 aliphatic rings. The third-order valence-corrected chi connectivity index (χ3v) is 7.03. The molecule has 2 aromatic rings. The number of aliphatic hydroxyl groups excluding tert-OH is 3. The number of nitrogens with two attached hydrogens (primary N) is 2. The van der Waals surface area contributed by atoms with Crippen LogP contribution >= 0.6 is 0 Å². The highest BCUT2D eigenvalue weighted by molar-refractivity contribution is 5.94. The first-order valence-corrected chi connectivity index (χ1v) is 14.0. The lowest BCUT2D eigenvalue weighted by Gasteiger charge is -2.24. The predicted octanol–water partition coefficient (Wildman–Crippen LogP) is -0.966. The zero-order chi connectivity index (χ0) is 33.1. The SMILES string of the molecule is COC(C[C@@H](CO)Cn1cnc2c1NC(N)=NC2O)OC.COC(C[C@@H](COC(C)=O)Cn1cnc2c1NC(N)=NC2O)OC. The molecule has 0 fully saturated rings. The summed E-state index contributed by atoms with van der Waals surface area (Å²) in [4.78, 5) is 27.0. The Labute approximate surface area is 260 Å². The number of carbonyl (C=O) groups excluding carboxylic acids is 1. The van der Waals surface area contributed by atoms with E-state index in [0.717, 1.165) is 0 Å². The first kappa shape index (κ1) is 35.6. The molecule has 0 aromatic carbocycles. The molecule has 4 heterocycles. The summed E-state index contributed by atoms with van der Waals surface area (Å²) in [6, 6.07) is 0. The van der Waals surface area contributed by atoms with Gasteiger partial charge in [0.15, 0.2) is 37.0 Å². The van der Waals surface area contributed by atoms with E-state index in [0.29, 0.717) is 49.0 Å². The highest BCUT2D eigenvalue weighted by Gasteiger charge is 2.27. The number of fused-ring (bicyclic) bond motifs is 2. The first-order valence-electron chi connectivity index (χ1n) is 14.0. The minimum Gasteiger partial charge on any atom is -0.466 e. The lowest BCUT2D eigenvalue weighted by molar-refractivity contribution is -0.146. The Morgan fingerprint density at radius 2 is 1.27 bits per heavy atom. The summed E-state index contributed by atoms with van der Waals surface area (Å²) in [5, 5.41) is 34.9. The molecule has 2 aliphatic heterocycles. The molecule has 0 bridgehead atoms. The number of rotatable bonds is 15. The molecule has 0 saturated carbocycles. The van der Waals surface area contributed by atoms with Gasteiger partial charge in [-0.15, -0.1) is 0 Å². The average molecular weight is 641 g/mol. The Hall–Kier alpha value is -3.85. The van der Waals surface area contributed by atoms with Crippen LogP contribution in [0.2, 0.25) is 0 Å². The highest BCUT2D eigenvalue weighted by Crippen LogP contribution is 2.29. The van der Waals surface area contributed by atoms with E-state index in [9.17, 15) is 20.1 Å². The number of hydrogen-bond donors (Lipinski definition) is 7. The van der Waals surface area contributed by atoms with Gasteiger partial charge < -0.3 is 70.2 Å². The summed E-state index contributed by atoms with van der Waals surface area (Å²) in [5.41, 5.74) is 12.1. The number of aliphatic hydroxyl groups is 3. The number of esters is 1.